The molecule has 1 N–H and O–H groups in total. The van der Waals surface area contributed by atoms with Crippen LogP contribution in [0, 0.1) is 11.6 Å². The molecule has 40 heavy (non-hydrogen) atoms. The molecule has 0 saturated heterocycles. The smallest absolute Gasteiger partial charge is 0.219 e. The van der Waals surface area contributed by atoms with Gasteiger partial charge in [-0.3, -0.25) is 9.59 Å². The average molecular weight is 547 g/mol. The van der Waals surface area contributed by atoms with Gasteiger partial charge in [-0.05, 0) is 84.0 Å². The highest BCUT2D eigenvalue weighted by molar-refractivity contribution is 5.75. The first-order valence-electron chi connectivity index (χ1n) is 13.4. The molecular formula is C33H36F2N2O3. The predicted octanol–water partition coefficient (Wildman–Crippen LogP) is 6.21. The number of nitrogens with zero attached hydrogens (tertiary/aromatic N) is 1. The van der Waals surface area contributed by atoms with Crippen LogP contribution in [-0.4, -0.2) is 44.3 Å². The van der Waals surface area contributed by atoms with E-state index < -0.39 is 0 Å². The Morgan fingerprint density at radius 3 is 2.23 bits per heavy atom. The molecule has 0 aliphatic carbocycles. The first-order chi connectivity index (χ1) is 19.4. The van der Waals surface area contributed by atoms with E-state index in [1.54, 1.807) is 37.4 Å². The largest absolute Gasteiger partial charge is 0.494 e. The molecule has 0 heterocycles. The molecule has 5 nitrogen and oxygen atoms in total. The zero-order valence-electron chi connectivity index (χ0n) is 23.0. The molecule has 0 aromatic heterocycles. The summed E-state index contributed by atoms with van der Waals surface area (Å²) in [7, 11) is 3.59. The molecule has 0 saturated carbocycles. The number of benzene rings is 3. The third-order valence-electron chi connectivity index (χ3n) is 6.45. The van der Waals surface area contributed by atoms with Gasteiger partial charge < -0.3 is 15.0 Å². The number of amides is 1. The molecule has 0 aliphatic rings. The van der Waals surface area contributed by atoms with E-state index >= 15 is 0 Å². The van der Waals surface area contributed by atoms with E-state index in [4.69, 9.17) is 4.74 Å². The molecule has 0 bridgehead atoms. The summed E-state index contributed by atoms with van der Waals surface area (Å²) in [5.41, 5.74) is 3.63. The van der Waals surface area contributed by atoms with E-state index in [9.17, 15) is 18.4 Å². The lowest BCUT2D eigenvalue weighted by atomic mass is 9.84. The summed E-state index contributed by atoms with van der Waals surface area (Å²) in [6.45, 7) is 1.22. The van der Waals surface area contributed by atoms with Crippen molar-refractivity contribution in [2.24, 2.45) is 0 Å². The molecule has 1 amide bonds. The molecule has 0 unspecified atom stereocenters. The Kier molecular flexibility index (Phi) is 12.1. The first-order valence-corrected chi connectivity index (χ1v) is 13.4. The number of hydrogen-bond donors (Lipinski definition) is 1. The van der Waals surface area contributed by atoms with E-state index in [0.717, 1.165) is 47.4 Å². The maximum absolute atomic E-state index is 13.7. The number of carbonyl (C=O) groups excluding carboxylic acids is 2. The second-order valence-electron chi connectivity index (χ2n) is 9.52. The van der Waals surface area contributed by atoms with Crippen LogP contribution in [0.1, 0.15) is 41.9 Å². The number of aldehydes is 1. The summed E-state index contributed by atoms with van der Waals surface area (Å²) < 4.78 is 33.2. The maximum Gasteiger partial charge on any atom is 0.219 e. The fraction of sp³-hybridized carbons (Fsp3) is 0.273. The number of hydrogen-bond acceptors (Lipinski definition) is 4. The fourth-order valence-electron chi connectivity index (χ4n) is 4.44. The topological polar surface area (TPSA) is 58.6 Å². The maximum atomic E-state index is 13.7. The van der Waals surface area contributed by atoms with Crippen LogP contribution in [0.15, 0.2) is 96.7 Å². The van der Waals surface area contributed by atoms with Crippen molar-refractivity contribution < 1.29 is 23.1 Å². The zero-order valence-corrected chi connectivity index (χ0v) is 23.0. The second-order valence-corrected chi connectivity index (χ2v) is 9.52. The van der Waals surface area contributed by atoms with Crippen LogP contribution in [0.4, 0.5) is 8.78 Å². The molecule has 0 atom stereocenters. The number of rotatable bonds is 15. The monoisotopic (exact) mass is 546 g/mol. The number of nitrogens with one attached hydrogen (secondary N) is 1. The lowest BCUT2D eigenvalue weighted by Gasteiger charge is -2.23. The lowest BCUT2D eigenvalue weighted by Crippen LogP contribution is -2.18. The SMILES string of the molecule is CNC(=O)CCCOc1cccc(CCCN(C)/C=C(\C=C/C=O)C(c2ccc(F)cc2)c2ccc(F)cc2)c1. The summed E-state index contributed by atoms with van der Waals surface area (Å²) in [6.07, 6.45) is 8.66. The summed E-state index contributed by atoms with van der Waals surface area (Å²) in [4.78, 5) is 24.6. The second kappa shape index (κ2) is 16.0. The van der Waals surface area contributed by atoms with Gasteiger partial charge in [-0.1, -0.05) is 42.5 Å². The minimum absolute atomic E-state index is 0.00183. The number of aryl methyl sites for hydroxylation is 1. The first kappa shape index (κ1) is 30.3. The standard InChI is InChI=1S/C33H36F2N2O3/c1-36-32(39)11-6-22-40-31-10-3-7-25(23-31)8-4-20-37(2)24-28(9-5-21-38)33(26-12-16-29(34)17-13-26)27-14-18-30(35)19-15-27/h3,5,7,9-10,12-19,21,23-24,33H,4,6,8,11,20,22H2,1-2H3,(H,36,39)/b9-5-,28-24+. The van der Waals surface area contributed by atoms with Gasteiger partial charge >= 0.3 is 0 Å². The molecule has 3 rings (SSSR count). The number of carbonyl (C=O) groups is 2. The predicted molar refractivity (Wildman–Crippen MR) is 154 cm³/mol. The van der Waals surface area contributed by atoms with E-state index in [-0.39, 0.29) is 23.5 Å². The Hall–Kier alpha value is -4.26. The van der Waals surface area contributed by atoms with Gasteiger partial charge in [-0.25, -0.2) is 8.78 Å². The quantitative estimate of drug-likeness (QED) is 0.107. The average Bonchev–Trinajstić information content (AvgIpc) is 2.96. The van der Waals surface area contributed by atoms with Crippen molar-refractivity contribution in [1.82, 2.24) is 10.2 Å². The van der Waals surface area contributed by atoms with Gasteiger partial charge in [0.05, 0.1) is 6.61 Å². The van der Waals surface area contributed by atoms with Crippen molar-refractivity contribution in [3.8, 4) is 5.75 Å². The Balaban J connectivity index is 1.69. The van der Waals surface area contributed by atoms with Crippen molar-refractivity contribution in [3.63, 3.8) is 0 Å². The van der Waals surface area contributed by atoms with Gasteiger partial charge in [0.2, 0.25) is 5.91 Å². The number of allylic oxidation sites excluding steroid dienone is 3. The van der Waals surface area contributed by atoms with Gasteiger partial charge in [-0.2, -0.15) is 0 Å². The van der Waals surface area contributed by atoms with E-state index in [1.165, 1.54) is 30.3 Å². The Labute approximate surface area is 235 Å². The summed E-state index contributed by atoms with van der Waals surface area (Å²) in [6, 6.07) is 20.4. The number of halogens is 2. The summed E-state index contributed by atoms with van der Waals surface area (Å²) in [5, 5.41) is 2.60. The van der Waals surface area contributed by atoms with Crippen molar-refractivity contribution in [2.75, 3.05) is 27.2 Å². The Bertz CT molecular complexity index is 1240. The van der Waals surface area contributed by atoms with Crippen molar-refractivity contribution >= 4 is 12.2 Å². The lowest BCUT2D eigenvalue weighted by molar-refractivity contribution is -0.120. The van der Waals surface area contributed by atoms with Crippen LogP contribution >= 0.6 is 0 Å². The molecule has 0 radical (unpaired) electrons. The third kappa shape index (κ3) is 9.80. The minimum atomic E-state index is -0.342. The Morgan fingerprint density at radius 2 is 1.62 bits per heavy atom. The van der Waals surface area contributed by atoms with E-state index in [1.807, 2.05) is 31.4 Å². The van der Waals surface area contributed by atoms with E-state index in [2.05, 4.69) is 16.3 Å². The van der Waals surface area contributed by atoms with E-state index in [0.29, 0.717) is 25.7 Å². The van der Waals surface area contributed by atoms with Crippen LogP contribution in [0.3, 0.4) is 0 Å². The molecule has 210 valence electrons. The summed E-state index contributed by atoms with van der Waals surface area (Å²) in [5.74, 6) is -0.221. The highest BCUT2D eigenvalue weighted by Gasteiger charge is 2.19. The molecule has 7 heteroatoms. The van der Waals surface area contributed by atoms with Crippen molar-refractivity contribution in [1.29, 1.82) is 0 Å². The van der Waals surface area contributed by atoms with Gasteiger partial charge in [0, 0.05) is 39.2 Å². The molecular weight excluding hydrogens is 510 g/mol. The Morgan fingerprint density at radius 1 is 0.975 bits per heavy atom. The molecule has 3 aromatic carbocycles. The van der Waals surface area contributed by atoms with Crippen LogP contribution in [0.25, 0.3) is 0 Å². The van der Waals surface area contributed by atoms with Gasteiger partial charge in [0.1, 0.15) is 23.7 Å². The zero-order chi connectivity index (χ0) is 28.7. The third-order valence-corrected chi connectivity index (χ3v) is 6.45. The highest BCUT2D eigenvalue weighted by Crippen LogP contribution is 2.33. The van der Waals surface area contributed by atoms with Crippen molar-refractivity contribution in [2.45, 2.75) is 31.6 Å². The fourth-order valence-corrected chi connectivity index (χ4v) is 4.44. The normalized spacial score (nSPS) is 11.6. The van der Waals surface area contributed by atoms with Crippen LogP contribution in [-0.2, 0) is 16.0 Å². The summed E-state index contributed by atoms with van der Waals surface area (Å²) >= 11 is 0. The molecule has 3 aromatic rings. The molecule has 0 aliphatic heterocycles. The minimum Gasteiger partial charge on any atom is -0.494 e. The molecule has 0 spiro atoms. The van der Waals surface area contributed by atoms with Gasteiger partial charge in [0.25, 0.3) is 0 Å². The van der Waals surface area contributed by atoms with Gasteiger partial charge in [-0.15, -0.1) is 0 Å². The van der Waals surface area contributed by atoms with Crippen LogP contribution < -0.4 is 10.1 Å². The number of ether oxygens (including phenoxy) is 1. The van der Waals surface area contributed by atoms with Gasteiger partial charge in [0.15, 0.2) is 0 Å². The van der Waals surface area contributed by atoms with Crippen LogP contribution in [0.2, 0.25) is 0 Å². The highest BCUT2D eigenvalue weighted by atomic mass is 19.1. The van der Waals surface area contributed by atoms with Crippen molar-refractivity contribution in [3.05, 3.63) is 125 Å². The molecule has 0 fully saturated rings. The van der Waals surface area contributed by atoms with Crippen LogP contribution in [0.5, 0.6) is 5.75 Å².